The number of aromatic amines is 1. The van der Waals surface area contributed by atoms with E-state index in [0.29, 0.717) is 0 Å². The van der Waals surface area contributed by atoms with Crippen LogP contribution >= 0.6 is 0 Å². The van der Waals surface area contributed by atoms with Crippen LogP contribution in [0.5, 0.6) is 0 Å². The molecule has 3 atom stereocenters. The molecule has 10 nitrogen and oxygen atoms in total. The molecule has 1 fully saturated rings. The first-order valence-corrected chi connectivity index (χ1v) is 5.94. The van der Waals surface area contributed by atoms with Gasteiger partial charge in [0.2, 0.25) is 11.8 Å². The van der Waals surface area contributed by atoms with Crippen molar-refractivity contribution in [3.05, 3.63) is 16.7 Å². The summed E-state index contributed by atoms with van der Waals surface area (Å²) in [7, 11) is 0. The van der Waals surface area contributed by atoms with E-state index >= 15 is 0 Å². The molecule has 0 spiro atoms. The Bertz CT molecular complexity index is 711. The number of anilines is 1. The highest BCUT2D eigenvalue weighted by atomic mass is 16.6. The summed E-state index contributed by atoms with van der Waals surface area (Å²) in [4.78, 5) is 21.9. The van der Waals surface area contributed by atoms with Crippen LogP contribution in [0.3, 0.4) is 0 Å². The molecule has 0 aromatic carbocycles. The number of nitrogens with one attached hydrogen (secondary N) is 1. The second-order valence-corrected chi connectivity index (χ2v) is 4.66. The number of imidazole rings is 1. The summed E-state index contributed by atoms with van der Waals surface area (Å²) in [6.07, 6.45) is -0.285. The van der Waals surface area contributed by atoms with Gasteiger partial charge in [0.05, 0.1) is 12.7 Å². The normalized spacial score (nSPS) is 30.1. The summed E-state index contributed by atoms with van der Waals surface area (Å²) in [6.45, 7) is -0.279. The third kappa shape index (κ3) is 1.70. The van der Waals surface area contributed by atoms with Gasteiger partial charge in [-0.1, -0.05) is 0 Å². The van der Waals surface area contributed by atoms with Crippen molar-refractivity contribution in [2.24, 2.45) is 5.73 Å². The molecule has 0 radical (unpaired) electrons. The Morgan fingerprint density at radius 1 is 1.65 bits per heavy atom. The van der Waals surface area contributed by atoms with E-state index in [1.165, 1.54) is 10.9 Å². The number of aliphatic hydroxyl groups excluding tert-OH is 2. The van der Waals surface area contributed by atoms with Crippen molar-refractivity contribution in [3.8, 4) is 0 Å². The van der Waals surface area contributed by atoms with E-state index in [0.717, 1.165) is 0 Å². The van der Waals surface area contributed by atoms with Crippen LogP contribution in [0.2, 0.25) is 0 Å². The van der Waals surface area contributed by atoms with Gasteiger partial charge in [0, 0.05) is 6.42 Å². The molecule has 108 valence electrons. The van der Waals surface area contributed by atoms with E-state index in [1.54, 1.807) is 0 Å². The minimum absolute atomic E-state index is 0.0345. The zero-order chi connectivity index (χ0) is 14.5. The fourth-order valence-electron chi connectivity index (χ4n) is 2.32. The van der Waals surface area contributed by atoms with Gasteiger partial charge in [-0.2, -0.15) is 4.98 Å². The fourth-order valence-corrected chi connectivity index (χ4v) is 2.32. The Balaban J connectivity index is 2.17. The lowest BCUT2D eigenvalue weighted by molar-refractivity contribution is -0.141. The maximum Gasteiger partial charge on any atom is 0.280 e. The summed E-state index contributed by atoms with van der Waals surface area (Å²) in [5.41, 5.74) is 11.2. The lowest BCUT2D eigenvalue weighted by atomic mass is 10.1. The number of rotatable bonds is 2. The van der Waals surface area contributed by atoms with Gasteiger partial charge in [-0.3, -0.25) is 20.1 Å². The summed E-state index contributed by atoms with van der Waals surface area (Å²) in [6, 6.07) is 0. The Kier molecular flexibility index (Phi) is 2.76. The smallest absolute Gasteiger partial charge is 0.280 e. The second kappa shape index (κ2) is 4.24. The molecule has 0 unspecified atom stereocenters. The lowest BCUT2D eigenvalue weighted by Crippen LogP contribution is -2.51. The number of aromatic nitrogens is 4. The quantitative estimate of drug-likeness (QED) is 0.400. The standard InChI is InChI=1S/C10H14N6O4/c11-9-14-7-6(8(19)15-9)13-3-16(7)10(12)5(18)1-4(2-17)20-10/h3-5,17-18H,1-2,12H2,(H3,11,14,15,19)/t4-,5+,10-/m0/s1. The van der Waals surface area contributed by atoms with Crippen molar-refractivity contribution >= 4 is 17.1 Å². The van der Waals surface area contributed by atoms with E-state index in [4.69, 9.17) is 21.3 Å². The van der Waals surface area contributed by atoms with Gasteiger partial charge in [-0.15, -0.1) is 0 Å². The second-order valence-electron chi connectivity index (χ2n) is 4.66. The molecule has 0 saturated carbocycles. The number of nitrogen functional groups attached to an aromatic ring is 1. The molecule has 1 aliphatic rings. The van der Waals surface area contributed by atoms with E-state index in [2.05, 4.69) is 15.0 Å². The van der Waals surface area contributed by atoms with E-state index in [-0.39, 0.29) is 30.1 Å². The number of H-pyrrole nitrogens is 1. The SMILES string of the molecule is Nc1nc2c(ncn2[C@]2(N)O[C@H](CO)C[C@H]2O)c(=O)[nH]1. The van der Waals surface area contributed by atoms with Gasteiger partial charge in [0.1, 0.15) is 12.4 Å². The summed E-state index contributed by atoms with van der Waals surface area (Å²) in [5.74, 6) is -1.76. The highest BCUT2D eigenvalue weighted by Gasteiger charge is 2.47. The Morgan fingerprint density at radius 2 is 2.40 bits per heavy atom. The minimum atomic E-state index is -1.66. The number of aliphatic hydroxyl groups is 2. The minimum Gasteiger partial charge on any atom is -0.394 e. The molecule has 0 amide bonds. The summed E-state index contributed by atoms with van der Waals surface area (Å²) < 4.78 is 6.69. The van der Waals surface area contributed by atoms with Gasteiger partial charge in [-0.25, -0.2) is 4.98 Å². The molecule has 2 aromatic rings. The van der Waals surface area contributed by atoms with Crippen LogP contribution in [-0.4, -0.2) is 48.5 Å². The van der Waals surface area contributed by atoms with Crippen LogP contribution in [-0.2, 0) is 10.6 Å². The van der Waals surface area contributed by atoms with Crippen molar-refractivity contribution in [3.63, 3.8) is 0 Å². The molecule has 2 aromatic heterocycles. The zero-order valence-corrected chi connectivity index (χ0v) is 10.4. The van der Waals surface area contributed by atoms with E-state index in [9.17, 15) is 9.90 Å². The van der Waals surface area contributed by atoms with Crippen molar-refractivity contribution in [1.29, 1.82) is 0 Å². The average molecular weight is 282 g/mol. The molecule has 7 N–H and O–H groups in total. The Labute approximate surface area is 112 Å². The van der Waals surface area contributed by atoms with Crippen LogP contribution in [0.25, 0.3) is 11.2 Å². The molecule has 1 aliphatic heterocycles. The van der Waals surface area contributed by atoms with Gasteiger partial charge < -0.3 is 20.7 Å². The largest absolute Gasteiger partial charge is 0.394 e. The topological polar surface area (TPSA) is 165 Å². The number of hydrogen-bond acceptors (Lipinski definition) is 8. The number of fused-ring (bicyclic) bond motifs is 1. The molecular weight excluding hydrogens is 268 g/mol. The molecule has 0 aliphatic carbocycles. The maximum absolute atomic E-state index is 11.7. The van der Waals surface area contributed by atoms with Crippen molar-refractivity contribution in [1.82, 2.24) is 19.5 Å². The van der Waals surface area contributed by atoms with E-state index in [1.807, 2.05) is 0 Å². The van der Waals surface area contributed by atoms with Crippen LogP contribution in [0.1, 0.15) is 6.42 Å². The first kappa shape index (κ1) is 13.0. The number of ether oxygens (including phenoxy) is 1. The predicted molar refractivity (Wildman–Crippen MR) is 67.3 cm³/mol. The fraction of sp³-hybridized carbons (Fsp3) is 0.500. The average Bonchev–Trinajstić information content (AvgIpc) is 2.92. The number of nitrogens with zero attached hydrogens (tertiary/aromatic N) is 3. The maximum atomic E-state index is 11.7. The van der Waals surface area contributed by atoms with Crippen molar-refractivity contribution < 1.29 is 14.9 Å². The number of nitrogens with two attached hydrogens (primary N) is 2. The van der Waals surface area contributed by atoms with Gasteiger partial charge in [0.25, 0.3) is 5.56 Å². The van der Waals surface area contributed by atoms with Crippen LogP contribution < -0.4 is 17.0 Å². The Morgan fingerprint density at radius 3 is 3.05 bits per heavy atom. The molecule has 3 heterocycles. The van der Waals surface area contributed by atoms with Gasteiger partial charge in [-0.05, 0) is 0 Å². The molecule has 0 bridgehead atoms. The predicted octanol–water partition coefficient (Wildman–Crippen LogP) is -2.59. The third-order valence-corrected chi connectivity index (χ3v) is 3.32. The first-order chi connectivity index (χ1) is 9.45. The number of hydrogen-bond donors (Lipinski definition) is 5. The van der Waals surface area contributed by atoms with Crippen LogP contribution in [0, 0.1) is 0 Å². The van der Waals surface area contributed by atoms with Gasteiger partial charge in [0.15, 0.2) is 11.2 Å². The van der Waals surface area contributed by atoms with Crippen molar-refractivity contribution in [2.45, 2.75) is 24.5 Å². The van der Waals surface area contributed by atoms with Crippen LogP contribution in [0.4, 0.5) is 5.95 Å². The zero-order valence-electron chi connectivity index (χ0n) is 10.4. The van der Waals surface area contributed by atoms with Gasteiger partial charge >= 0.3 is 0 Å². The first-order valence-electron chi connectivity index (χ1n) is 5.94. The molecule has 20 heavy (non-hydrogen) atoms. The summed E-state index contributed by atoms with van der Waals surface area (Å²) >= 11 is 0. The molecule has 3 rings (SSSR count). The highest BCUT2D eigenvalue weighted by molar-refractivity contribution is 5.70. The Hall–Kier alpha value is -2.01. The lowest BCUT2D eigenvalue weighted by Gasteiger charge is -2.28. The van der Waals surface area contributed by atoms with Crippen molar-refractivity contribution in [2.75, 3.05) is 12.3 Å². The summed E-state index contributed by atoms with van der Waals surface area (Å²) in [5, 5.41) is 19.2. The highest BCUT2D eigenvalue weighted by Crippen LogP contribution is 2.32. The third-order valence-electron chi connectivity index (χ3n) is 3.32. The van der Waals surface area contributed by atoms with Crippen LogP contribution in [0.15, 0.2) is 11.1 Å². The molecule has 10 heteroatoms. The molecular formula is C10H14N6O4. The molecule has 1 saturated heterocycles. The monoisotopic (exact) mass is 282 g/mol. The van der Waals surface area contributed by atoms with E-state index < -0.39 is 23.6 Å².